The number of nitrogens with zero attached hydrogens (tertiary/aromatic N) is 2. The highest BCUT2D eigenvalue weighted by Gasteiger charge is 2.42. The van der Waals surface area contributed by atoms with Crippen molar-refractivity contribution >= 4 is 29.5 Å². The smallest absolute Gasteiger partial charge is 0.340 e. The summed E-state index contributed by atoms with van der Waals surface area (Å²) < 4.78 is 4.63. The summed E-state index contributed by atoms with van der Waals surface area (Å²) in [7, 11) is 2.41. The standard InChI is InChI=1S/C13H13N3O5/c1-15-10(17)11(18)16(13(15)20)6-7-4-3-5-8(14)9(7)12(19)21-2/h3-5H,6,14H2,1-2H3. The lowest BCUT2D eigenvalue weighted by atomic mass is 10.0. The molecule has 0 unspecified atom stereocenters. The van der Waals surface area contributed by atoms with Crippen LogP contribution < -0.4 is 5.73 Å². The quantitative estimate of drug-likeness (QED) is 0.362. The van der Waals surface area contributed by atoms with Crippen LogP contribution in [0.25, 0.3) is 0 Å². The van der Waals surface area contributed by atoms with Gasteiger partial charge in [-0.3, -0.25) is 19.4 Å². The van der Waals surface area contributed by atoms with Crippen molar-refractivity contribution in [3.63, 3.8) is 0 Å². The van der Waals surface area contributed by atoms with Crippen LogP contribution in [0.4, 0.5) is 10.5 Å². The minimum Gasteiger partial charge on any atom is -0.465 e. The summed E-state index contributed by atoms with van der Waals surface area (Å²) in [5.74, 6) is -2.54. The number of methoxy groups -OCH3 is 1. The first-order valence-electron chi connectivity index (χ1n) is 5.97. The van der Waals surface area contributed by atoms with Crippen molar-refractivity contribution in [2.24, 2.45) is 0 Å². The predicted molar refractivity (Wildman–Crippen MR) is 70.9 cm³/mol. The normalized spacial score (nSPS) is 14.9. The van der Waals surface area contributed by atoms with Crippen LogP contribution in [-0.2, 0) is 20.9 Å². The molecule has 0 radical (unpaired) electrons. The van der Waals surface area contributed by atoms with Crippen LogP contribution in [0.1, 0.15) is 15.9 Å². The number of carbonyl (C=O) groups excluding carboxylic acids is 4. The van der Waals surface area contributed by atoms with Gasteiger partial charge in [-0.15, -0.1) is 0 Å². The van der Waals surface area contributed by atoms with Crippen molar-refractivity contribution in [2.45, 2.75) is 6.54 Å². The second kappa shape index (κ2) is 5.23. The van der Waals surface area contributed by atoms with E-state index in [9.17, 15) is 19.2 Å². The van der Waals surface area contributed by atoms with Crippen molar-refractivity contribution < 1.29 is 23.9 Å². The van der Waals surface area contributed by atoms with Crippen LogP contribution in [0.3, 0.4) is 0 Å². The van der Waals surface area contributed by atoms with Crippen LogP contribution >= 0.6 is 0 Å². The fraction of sp³-hybridized carbons (Fsp3) is 0.231. The molecule has 8 nitrogen and oxygen atoms in total. The summed E-state index contributed by atoms with van der Waals surface area (Å²) in [4.78, 5) is 48.2. The van der Waals surface area contributed by atoms with E-state index < -0.39 is 23.8 Å². The molecular formula is C13H13N3O5. The van der Waals surface area contributed by atoms with Crippen LogP contribution in [0.5, 0.6) is 0 Å². The lowest BCUT2D eigenvalue weighted by Gasteiger charge is -2.16. The second-order valence-electron chi connectivity index (χ2n) is 4.41. The summed E-state index contributed by atoms with van der Waals surface area (Å²) in [5, 5.41) is 0. The molecule has 0 bridgehead atoms. The highest BCUT2D eigenvalue weighted by atomic mass is 16.5. The monoisotopic (exact) mass is 291 g/mol. The number of likely N-dealkylation sites (N-methyl/N-ethyl adjacent to an activating group) is 1. The number of benzene rings is 1. The molecule has 1 aliphatic rings. The number of ether oxygens (including phenoxy) is 1. The third-order valence-electron chi connectivity index (χ3n) is 3.15. The van der Waals surface area contributed by atoms with Gasteiger partial charge in [-0.2, -0.15) is 0 Å². The fourth-order valence-corrected chi connectivity index (χ4v) is 2.03. The van der Waals surface area contributed by atoms with E-state index in [2.05, 4.69) is 4.74 Å². The van der Waals surface area contributed by atoms with E-state index in [1.807, 2.05) is 0 Å². The Bertz CT molecular complexity index is 655. The topological polar surface area (TPSA) is 110 Å². The van der Waals surface area contributed by atoms with Crippen LogP contribution in [0.2, 0.25) is 0 Å². The number of hydrogen-bond acceptors (Lipinski definition) is 6. The molecule has 1 heterocycles. The van der Waals surface area contributed by atoms with Crippen molar-refractivity contribution in [1.82, 2.24) is 9.80 Å². The SMILES string of the molecule is COC(=O)c1c(N)cccc1CN1C(=O)C(=O)N(C)C1=O. The highest BCUT2D eigenvalue weighted by Crippen LogP contribution is 2.22. The Balaban J connectivity index is 2.39. The number of nitrogens with two attached hydrogens (primary N) is 1. The fourth-order valence-electron chi connectivity index (χ4n) is 2.03. The molecule has 0 spiro atoms. The molecule has 1 fully saturated rings. The largest absolute Gasteiger partial charge is 0.465 e. The Morgan fingerprint density at radius 3 is 2.43 bits per heavy atom. The van der Waals surface area contributed by atoms with Gasteiger partial charge in [-0.25, -0.2) is 9.59 Å². The lowest BCUT2D eigenvalue weighted by Crippen LogP contribution is -2.31. The molecule has 8 heteroatoms. The van der Waals surface area contributed by atoms with E-state index in [1.54, 1.807) is 6.07 Å². The second-order valence-corrected chi connectivity index (χ2v) is 4.41. The van der Waals surface area contributed by atoms with Crippen LogP contribution in [0.15, 0.2) is 18.2 Å². The zero-order valence-electron chi connectivity index (χ0n) is 11.5. The van der Waals surface area contributed by atoms with Crippen molar-refractivity contribution in [2.75, 3.05) is 19.9 Å². The molecule has 0 aliphatic carbocycles. The predicted octanol–water partition coefficient (Wildman–Crippen LogP) is -0.0240. The Labute approximate surface area is 120 Å². The lowest BCUT2D eigenvalue weighted by molar-refractivity contribution is -0.143. The van der Waals surface area contributed by atoms with Gasteiger partial charge in [-0.1, -0.05) is 12.1 Å². The third kappa shape index (κ3) is 2.31. The number of carbonyl (C=O) groups is 4. The molecule has 1 aromatic carbocycles. The molecule has 0 atom stereocenters. The molecule has 0 saturated carbocycles. The van der Waals surface area contributed by atoms with Crippen molar-refractivity contribution in [3.8, 4) is 0 Å². The molecule has 1 saturated heterocycles. The molecule has 1 aliphatic heterocycles. The molecular weight excluding hydrogens is 278 g/mol. The zero-order valence-corrected chi connectivity index (χ0v) is 11.5. The average molecular weight is 291 g/mol. The molecule has 1 aromatic rings. The van der Waals surface area contributed by atoms with Gasteiger partial charge in [0, 0.05) is 12.7 Å². The molecule has 21 heavy (non-hydrogen) atoms. The van der Waals surface area contributed by atoms with Gasteiger partial charge in [0.1, 0.15) is 0 Å². The number of hydrogen-bond donors (Lipinski definition) is 1. The van der Waals surface area contributed by atoms with E-state index in [4.69, 9.17) is 5.73 Å². The van der Waals surface area contributed by atoms with Crippen molar-refractivity contribution in [3.05, 3.63) is 29.3 Å². The van der Waals surface area contributed by atoms with Crippen LogP contribution in [-0.4, -0.2) is 47.8 Å². The molecule has 0 aromatic heterocycles. The van der Waals surface area contributed by atoms with Gasteiger partial charge >= 0.3 is 23.8 Å². The van der Waals surface area contributed by atoms with E-state index in [1.165, 1.54) is 26.3 Å². The molecule has 2 N–H and O–H groups in total. The van der Waals surface area contributed by atoms with E-state index in [-0.39, 0.29) is 17.8 Å². The number of rotatable bonds is 3. The van der Waals surface area contributed by atoms with Gasteiger partial charge in [0.05, 0.1) is 19.2 Å². The molecule has 110 valence electrons. The average Bonchev–Trinajstić information content (AvgIpc) is 2.64. The number of esters is 1. The van der Waals surface area contributed by atoms with Gasteiger partial charge in [0.25, 0.3) is 0 Å². The Kier molecular flexibility index (Phi) is 3.62. The Morgan fingerprint density at radius 1 is 1.24 bits per heavy atom. The number of nitrogen functional groups attached to an aromatic ring is 1. The maximum atomic E-state index is 11.8. The summed E-state index contributed by atoms with van der Waals surface area (Å²) in [6, 6.07) is 3.86. The van der Waals surface area contributed by atoms with Gasteiger partial charge < -0.3 is 10.5 Å². The maximum absolute atomic E-state index is 11.8. The summed E-state index contributed by atoms with van der Waals surface area (Å²) in [6.07, 6.45) is 0. The zero-order chi connectivity index (χ0) is 15.7. The number of urea groups is 1. The highest BCUT2D eigenvalue weighted by molar-refractivity contribution is 6.44. The molecule has 4 amide bonds. The Morgan fingerprint density at radius 2 is 1.90 bits per heavy atom. The molecule has 2 rings (SSSR count). The van der Waals surface area contributed by atoms with E-state index in [0.717, 1.165) is 4.90 Å². The minimum absolute atomic E-state index is 0.0719. The van der Waals surface area contributed by atoms with Gasteiger partial charge in [0.2, 0.25) is 0 Å². The number of anilines is 1. The summed E-state index contributed by atoms with van der Waals surface area (Å²) in [6.45, 7) is -0.233. The minimum atomic E-state index is -0.944. The number of amides is 4. The van der Waals surface area contributed by atoms with Gasteiger partial charge in [-0.05, 0) is 11.6 Å². The van der Waals surface area contributed by atoms with Gasteiger partial charge in [0.15, 0.2) is 0 Å². The summed E-state index contributed by atoms with van der Waals surface area (Å²) in [5.41, 5.74) is 6.29. The first-order valence-corrected chi connectivity index (χ1v) is 5.97. The Hall–Kier alpha value is -2.90. The maximum Gasteiger partial charge on any atom is 0.340 e. The van der Waals surface area contributed by atoms with Crippen LogP contribution in [0, 0.1) is 0 Å². The first-order chi connectivity index (χ1) is 9.88. The van der Waals surface area contributed by atoms with Crippen molar-refractivity contribution in [1.29, 1.82) is 0 Å². The first kappa shape index (κ1) is 14.5. The number of imide groups is 2. The summed E-state index contributed by atoms with van der Waals surface area (Å²) >= 11 is 0. The van der Waals surface area contributed by atoms with E-state index in [0.29, 0.717) is 10.5 Å². The third-order valence-corrected chi connectivity index (χ3v) is 3.15. The van der Waals surface area contributed by atoms with E-state index >= 15 is 0 Å².